The molecule has 2 heterocycles. The van der Waals surface area contributed by atoms with Crippen LogP contribution in [0.1, 0.15) is 44.5 Å². The Balaban J connectivity index is 1.74. The van der Waals surface area contributed by atoms with Crippen LogP contribution in [0, 0.1) is 5.92 Å². The second kappa shape index (κ2) is 8.63. The van der Waals surface area contributed by atoms with Gasteiger partial charge in [0.25, 0.3) is 0 Å². The Morgan fingerprint density at radius 2 is 2.00 bits per heavy atom. The van der Waals surface area contributed by atoms with Gasteiger partial charge < -0.3 is 14.8 Å². The van der Waals surface area contributed by atoms with Crippen molar-refractivity contribution in [3.8, 4) is 0 Å². The number of halogens is 1. The molecule has 0 aliphatic rings. The number of benzene rings is 1. The van der Waals surface area contributed by atoms with Crippen molar-refractivity contribution in [1.82, 2.24) is 19.9 Å². The van der Waals surface area contributed by atoms with Crippen LogP contribution in [0.2, 0.25) is 5.28 Å². The smallest absolute Gasteiger partial charge is 0.227 e. The lowest BCUT2D eigenvalue weighted by atomic mass is 9.97. The standard InChI is InChI=1S/C19H24ClN5O2/c1-11(2)6-14(9-26)22-19-24-17(23-18(20)25-19)7-12(3)13-4-5-15-16(8-13)27-10-21-15/h4-5,8,10-12,14,26H,6-7,9H2,1-3H3,(H,22,23,24,25). The van der Waals surface area contributed by atoms with Gasteiger partial charge in [-0.3, -0.25) is 0 Å². The Morgan fingerprint density at radius 3 is 2.74 bits per heavy atom. The SMILES string of the molecule is CC(C)CC(CO)Nc1nc(Cl)nc(CC(C)c2ccc3ncoc3c2)n1. The summed E-state index contributed by atoms with van der Waals surface area (Å²) in [6.07, 6.45) is 2.85. The maximum Gasteiger partial charge on any atom is 0.227 e. The van der Waals surface area contributed by atoms with Crippen LogP contribution in [0.25, 0.3) is 11.1 Å². The number of oxazole rings is 1. The molecule has 2 N–H and O–H groups in total. The highest BCUT2D eigenvalue weighted by molar-refractivity contribution is 6.28. The highest BCUT2D eigenvalue weighted by atomic mass is 35.5. The molecule has 0 radical (unpaired) electrons. The molecule has 1 aromatic carbocycles. The fourth-order valence-electron chi connectivity index (χ4n) is 3.05. The molecule has 144 valence electrons. The van der Waals surface area contributed by atoms with Crippen LogP contribution in [0.5, 0.6) is 0 Å². The summed E-state index contributed by atoms with van der Waals surface area (Å²) in [4.78, 5) is 17.0. The van der Waals surface area contributed by atoms with Crippen LogP contribution < -0.4 is 5.32 Å². The zero-order valence-corrected chi connectivity index (χ0v) is 16.4. The van der Waals surface area contributed by atoms with Gasteiger partial charge in [0.15, 0.2) is 12.0 Å². The third-order valence-corrected chi connectivity index (χ3v) is 4.55. The first-order valence-electron chi connectivity index (χ1n) is 9.05. The summed E-state index contributed by atoms with van der Waals surface area (Å²) in [6, 6.07) is 5.83. The van der Waals surface area contributed by atoms with Gasteiger partial charge in [-0.1, -0.05) is 26.8 Å². The van der Waals surface area contributed by atoms with Gasteiger partial charge in [-0.05, 0) is 47.6 Å². The van der Waals surface area contributed by atoms with Crippen molar-refractivity contribution < 1.29 is 9.52 Å². The van der Waals surface area contributed by atoms with E-state index in [0.717, 1.165) is 23.1 Å². The second-order valence-corrected chi connectivity index (χ2v) is 7.52. The normalized spacial score (nSPS) is 13.9. The van der Waals surface area contributed by atoms with Crippen molar-refractivity contribution in [2.75, 3.05) is 11.9 Å². The van der Waals surface area contributed by atoms with E-state index in [4.69, 9.17) is 16.0 Å². The quantitative estimate of drug-likeness (QED) is 0.604. The maximum absolute atomic E-state index is 9.56. The van der Waals surface area contributed by atoms with Crippen LogP contribution in [0.3, 0.4) is 0 Å². The molecular formula is C19H24ClN5O2. The molecule has 3 rings (SSSR count). The van der Waals surface area contributed by atoms with E-state index in [1.807, 2.05) is 18.2 Å². The van der Waals surface area contributed by atoms with Crippen molar-refractivity contribution in [2.45, 2.75) is 45.6 Å². The predicted molar refractivity (Wildman–Crippen MR) is 105 cm³/mol. The first-order valence-corrected chi connectivity index (χ1v) is 9.43. The molecule has 2 unspecified atom stereocenters. The molecule has 0 spiro atoms. The molecule has 0 aliphatic heterocycles. The average Bonchev–Trinajstić information content (AvgIpc) is 3.07. The number of nitrogens with one attached hydrogen (secondary N) is 1. The number of rotatable bonds is 8. The van der Waals surface area contributed by atoms with Gasteiger partial charge in [0, 0.05) is 6.42 Å². The van der Waals surface area contributed by atoms with Crippen molar-refractivity contribution in [1.29, 1.82) is 0 Å². The first kappa shape index (κ1) is 19.5. The fourth-order valence-corrected chi connectivity index (χ4v) is 3.23. The number of aromatic nitrogens is 4. The van der Waals surface area contributed by atoms with E-state index in [-0.39, 0.29) is 23.9 Å². The van der Waals surface area contributed by atoms with Crippen molar-refractivity contribution >= 4 is 28.6 Å². The lowest BCUT2D eigenvalue weighted by molar-refractivity contribution is 0.259. The number of hydrogen-bond donors (Lipinski definition) is 2. The Kier molecular flexibility index (Phi) is 6.23. The second-order valence-electron chi connectivity index (χ2n) is 7.18. The van der Waals surface area contributed by atoms with Gasteiger partial charge in [-0.25, -0.2) is 9.97 Å². The minimum Gasteiger partial charge on any atom is -0.443 e. The average molecular weight is 390 g/mol. The van der Waals surface area contributed by atoms with E-state index in [1.54, 1.807) is 0 Å². The maximum atomic E-state index is 9.56. The summed E-state index contributed by atoms with van der Waals surface area (Å²) in [5.74, 6) is 1.60. The Morgan fingerprint density at radius 1 is 1.19 bits per heavy atom. The van der Waals surface area contributed by atoms with E-state index in [9.17, 15) is 5.11 Å². The van der Waals surface area contributed by atoms with Gasteiger partial charge >= 0.3 is 0 Å². The molecule has 7 nitrogen and oxygen atoms in total. The minimum absolute atomic E-state index is 0.00438. The first-order chi connectivity index (χ1) is 12.9. The summed E-state index contributed by atoms with van der Waals surface area (Å²) < 4.78 is 5.38. The predicted octanol–water partition coefficient (Wildman–Crippen LogP) is 3.83. The largest absolute Gasteiger partial charge is 0.443 e. The van der Waals surface area contributed by atoms with Crippen molar-refractivity contribution in [2.24, 2.45) is 5.92 Å². The van der Waals surface area contributed by atoms with E-state index in [1.165, 1.54) is 6.39 Å². The molecule has 0 fully saturated rings. The zero-order chi connectivity index (χ0) is 19.4. The number of anilines is 1. The van der Waals surface area contributed by atoms with Gasteiger partial charge in [-0.2, -0.15) is 9.97 Å². The molecular weight excluding hydrogens is 366 g/mol. The molecule has 0 amide bonds. The third-order valence-electron chi connectivity index (χ3n) is 4.38. The number of aliphatic hydroxyl groups is 1. The van der Waals surface area contributed by atoms with Crippen LogP contribution in [0.4, 0.5) is 5.95 Å². The van der Waals surface area contributed by atoms with Gasteiger partial charge in [0.1, 0.15) is 11.3 Å². The van der Waals surface area contributed by atoms with Crippen LogP contribution in [0.15, 0.2) is 29.0 Å². The van der Waals surface area contributed by atoms with Crippen LogP contribution >= 0.6 is 11.6 Å². The van der Waals surface area contributed by atoms with Gasteiger partial charge in [-0.15, -0.1) is 0 Å². The monoisotopic (exact) mass is 389 g/mol. The van der Waals surface area contributed by atoms with Crippen molar-refractivity contribution in [3.05, 3.63) is 41.3 Å². The van der Waals surface area contributed by atoms with Crippen molar-refractivity contribution in [3.63, 3.8) is 0 Å². The Bertz CT molecular complexity index is 899. The van der Waals surface area contributed by atoms with E-state index < -0.39 is 0 Å². The third kappa shape index (κ3) is 5.14. The zero-order valence-electron chi connectivity index (χ0n) is 15.7. The summed E-state index contributed by atoms with van der Waals surface area (Å²) in [5, 5.41) is 12.9. The molecule has 2 atom stereocenters. The van der Waals surface area contributed by atoms with Gasteiger partial charge in [0.2, 0.25) is 11.2 Å². The molecule has 0 saturated carbocycles. The topological polar surface area (TPSA) is 97.0 Å². The summed E-state index contributed by atoms with van der Waals surface area (Å²) in [6.45, 7) is 6.30. The molecule has 2 aromatic heterocycles. The molecule has 0 aliphatic carbocycles. The Labute approximate surface area is 163 Å². The summed E-state index contributed by atoms with van der Waals surface area (Å²) in [5.41, 5.74) is 2.70. The Hall–Kier alpha value is -2.25. The molecule has 0 bridgehead atoms. The molecule has 0 saturated heterocycles. The van der Waals surface area contributed by atoms with E-state index in [2.05, 4.69) is 46.0 Å². The molecule has 27 heavy (non-hydrogen) atoms. The number of fused-ring (bicyclic) bond motifs is 1. The highest BCUT2D eigenvalue weighted by Gasteiger charge is 2.15. The lowest BCUT2D eigenvalue weighted by Gasteiger charge is -2.18. The number of nitrogens with zero attached hydrogens (tertiary/aromatic N) is 4. The van der Waals surface area contributed by atoms with Crippen LogP contribution in [-0.2, 0) is 6.42 Å². The van der Waals surface area contributed by atoms with Crippen LogP contribution in [-0.4, -0.2) is 37.7 Å². The molecule has 3 aromatic rings. The van der Waals surface area contributed by atoms with Gasteiger partial charge in [0.05, 0.1) is 12.6 Å². The summed E-state index contributed by atoms with van der Waals surface area (Å²) in [7, 11) is 0. The summed E-state index contributed by atoms with van der Waals surface area (Å²) >= 11 is 6.09. The minimum atomic E-state index is -0.123. The highest BCUT2D eigenvalue weighted by Crippen LogP contribution is 2.24. The molecule has 8 heteroatoms. The fraction of sp³-hybridized carbons (Fsp3) is 0.474. The van der Waals surface area contributed by atoms with E-state index in [0.29, 0.717) is 24.1 Å². The van der Waals surface area contributed by atoms with E-state index >= 15 is 0 Å². The number of aliphatic hydroxyl groups excluding tert-OH is 1. The lowest BCUT2D eigenvalue weighted by Crippen LogP contribution is -2.27. The number of hydrogen-bond acceptors (Lipinski definition) is 7.